The Bertz CT molecular complexity index is 1180. The number of rotatable bonds is 5. The summed E-state index contributed by atoms with van der Waals surface area (Å²) in [5.41, 5.74) is 2.97. The van der Waals surface area contributed by atoms with E-state index >= 15 is 0 Å². The van der Waals surface area contributed by atoms with Gasteiger partial charge in [-0.3, -0.25) is 4.79 Å². The number of hydrogen-bond acceptors (Lipinski definition) is 7. The van der Waals surface area contributed by atoms with Gasteiger partial charge in [0.2, 0.25) is 15.9 Å². The first-order valence-corrected chi connectivity index (χ1v) is 11.4. The molecule has 4 rings (SSSR count). The summed E-state index contributed by atoms with van der Waals surface area (Å²) in [5.74, 6) is 0.502. The number of hydrogen-bond donors (Lipinski definition) is 1. The van der Waals surface area contributed by atoms with Crippen molar-refractivity contribution >= 4 is 21.6 Å². The van der Waals surface area contributed by atoms with Gasteiger partial charge in [0.15, 0.2) is 5.76 Å². The summed E-state index contributed by atoms with van der Waals surface area (Å²) in [4.78, 5) is 19.9. The van der Waals surface area contributed by atoms with E-state index in [0.29, 0.717) is 37.4 Å². The molecule has 0 spiro atoms. The number of anilines is 1. The van der Waals surface area contributed by atoms with Crippen molar-refractivity contribution in [3.63, 3.8) is 0 Å². The second-order valence-corrected chi connectivity index (χ2v) is 9.48. The zero-order valence-electron chi connectivity index (χ0n) is 17.3. The second-order valence-electron chi connectivity index (χ2n) is 7.54. The van der Waals surface area contributed by atoms with Crippen molar-refractivity contribution in [3.05, 3.63) is 54.2 Å². The molecule has 3 aromatic rings. The first-order chi connectivity index (χ1) is 14.8. The van der Waals surface area contributed by atoms with Crippen LogP contribution in [0, 0.1) is 6.92 Å². The molecule has 1 amide bonds. The van der Waals surface area contributed by atoms with E-state index in [2.05, 4.69) is 20.4 Å². The predicted molar refractivity (Wildman–Crippen MR) is 114 cm³/mol. The van der Waals surface area contributed by atoms with Gasteiger partial charge >= 0.3 is 0 Å². The van der Waals surface area contributed by atoms with Crippen LogP contribution < -0.4 is 5.32 Å². The monoisotopic (exact) mass is 441 g/mol. The number of carbonyl (C=O) groups is 1. The minimum atomic E-state index is -3.61. The molecule has 2 aromatic heterocycles. The minimum absolute atomic E-state index is 0.0944. The first kappa shape index (κ1) is 21.1. The number of aryl methyl sites for hydroxylation is 1. The summed E-state index contributed by atoms with van der Waals surface area (Å²) in [6.07, 6.45) is 4.49. The summed E-state index contributed by atoms with van der Waals surface area (Å²) in [6.45, 7) is 4.03. The SMILES string of the molecule is CC(=O)Nc1ccc(S(=O)(=O)N2CCC(c3ncncc3-c3cc(C)no3)CC2)cc1. The molecule has 1 saturated heterocycles. The van der Waals surface area contributed by atoms with Gasteiger partial charge in [0.05, 0.1) is 21.8 Å². The molecule has 9 nitrogen and oxygen atoms in total. The van der Waals surface area contributed by atoms with Gasteiger partial charge in [-0.15, -0.1) is 0 Å². The van der Waals surface area contributed by atoms with E-state index in [9.17, 15) is 13.2 Å². The van der Waals surface area contributed by atoms with Crippen LogP contribution in [0.15, 0.2) is 52.3 Å². The fraction of sp³-hybridized carbons (Fsp3) is 0.333. The van der Waals surface area contributed by atoms with Crippen LogP contribution in [0.5, 0.6) is 0 Å². The highest BCUT2D eigenvalue weighted by Crippen LogP contribution is 2.35. The smallest absolute Gasteiger partial charge is 0.243 e. The van der Waals surface area contributed by atoms with Crippen LogP contribution in [0.4, 0.5) is 5.69 Å². The minimum Gasteiger partial charge on any atom is -0.356 e. The molecule has 1 N–H and O–H groups in total. The molecule has 1 aliphatic heterocycles. The van der Waals surface area contributed by atoms with Crippen LogP contribution in [0.3, 0.4) is 0 Å². The molecule has 0 aliphatic carbocycles. The lowest BCUT2D eigenvalue weighted by Crippen LogP contribution is -2.38. The third-order valence-corrected chi connectivity index (χ3v) is 7.20. The van der Waals surface area contributed by atoms with Gasteiger partial charge in [0, 0.05) is 43.9 Å². The summed E-state index contributed by atoms with van der Waals surface area (Å²) < 4.78 is 33.0. The molecule has 1 fully saturated rings. The maximum absolute atomic E-state index is 13.0. The topological polar surface area (TPSA) is 118 Å². The number of amides is 1. The standard InChI is InChI=1S/C21H23N5O4S/c1-14-11-20(30-25-14)19-12-22-13-23-21(19)16-7-9-26(10-8-16)31(28,29)18-5-3-17(4-6-18)24-15(2)27/h3-6,11-13,16H,7-10H2,1-2H3,(H,24,27). The van der Waals surface area contributed by atoms with Crippen LogP contribution in [0.25, 0.3) is 11.3 Å². The van der Waals surface area contributed by atoms with Crippen molar-refractivity contribution in [2.45, 2.75) is 37.5 Å². The maximum Gasteiger partial charge on any atom is 0.243 e. The highest BCUT2D eigenvalue weighted by atomic mass is 32.2. The Kier molecular flexibility index (Phi) is 5.84. The number of nitrogens with one attached hydrogen (secondary N) is 1. The molecule has 1 aromatic carbocycles. The highest BCUT2D eigenvalue weighted by Gasteiger charge is 2.32. The molecular formula is C21H23N5O4S. The Balaban J connectivity index is 1.48. The van der Waals surface area contributed by atoms with E-state index in [1.165, 1.54) is 29.7 Å². The fourth-order valence-electron chi connectivity index (χ4n) is 3.78. The third-order valence-electron chi connectivity index (χ3n) is 5.29. The largest absolute Gasteiger partial charge is 0.356 e. The molecule has 0 unspecified atom stereocenters. The van der Waals surface area contributed by atoms with Gasteiger partial charge < -0.3 is 9.84 Å². The second kappa shape index (κ2) is 8.56. The molecule has 0 atom stereocenters. The van der Waals surface area contributed by atoms with Crippen molar-refractivity contribution in [2.75, 3.05) is 18.4 Å². The van der Waals surface area contributed by atoms with E-state index in [0.717, 1.165) is 17.0 Å². The van der Waals surface area contributed by atoms with E-state index in [4.69, 9.17) is 4.52 Å². The van der Waals surface area contributed by atoms with E-state index in [1.54, 1.807) is 18.3 Å². The number of aromatic nitrogens is 3. The Morgan fingerprint density at radius 3 is 2.52 bits per heavy atom. The van der Waals surface area contributed by atoms with E-state index in [1.807, 2.05) is 13.0 Å². The first-order valence-electron chi connectivity index (χ1n) is 9.96. The summed E-state index contributed by atoms with van der Waals surface area (Å²) >= 11 is 0. The molecule has 0 radical (unpaired) electrons. The Hall–Kier alpha value is -3.11. The quantitative estimate of drug-likeness (QED) is 0.646. The van der Waals surface area contributed by atoms with Gasteiger partial charge in [-0.1, -0.05) is 5.16 Å². The third kappa shape index (κ3) is 4.49. The number of sulfonamides is 1. The molecule has 31 heavy (non-hydrogen) atoms. The molecule has 162 valence electrons. The lowest BCUT2D eigenvalue weighted by Gasteiger charge is -2.31. The maximum atomic E-state index is 13.0. The van der Waals surface area contributed by atoms with Gasteiger partial charge in [-0.2, -0.15) is 4.31 Å². The molecule has 0 saturated carbocycles. The van der Waals surface area contributed by atoms with Crippen molar-refractivity contribution in [1.82, 2.24) is 19.4 Å². The van der Waals surface area contributed by atoms with Crippen LogP contribution in [0.1, 0.15) is 37.1 Å². The summed E-state index contributed by atoms with van der Waals surface area (Å²) in [5, 5.41) is 6.57. The average Bonchev–Trinajstić information content (AvgIpc) is 3.20. The fourth-order valence-corrected chi connectivity index (χ4v) is 5.25. The number of nitrogens with zero attached hydrogens (tertiary/aromatic N) is 4. The molecule has 0 bridgehead atoms. The highest BCUT2D eigenvalue weighted by molar-refractivity contribution is 7.89. The van der Waals surface area contributed by atoms with Gasteiger partial charge in [-0.25, -0.2) is 18.4 Å². The predicted octanol–water partition coefficient (Wildman–Crippen LogP) is 2.97. The van der Waals surface area contributed by atoms with Crippen molar-refractivity contribution < 1.29 is 17.7 Å². The normalized spacial score (nSPS) is 15.7. The lowest BCUT2D eigenvalue weighted by molar-refractivity contribution is -0.114. The van der Waals surface area contributed by atoms with Crippen molar-refractivity contribution in [3.8, 4) is 11.3 Å². The zero-order valence-corrected chi connectivity index (χ0v) is 18.1. The molecular weight excluding hydrogens is 418 g/mol. The Morgan fingerprint density at radius 1 is 1.19 bits per heavy atom. The Labute approximate surface area is 180 Å². The number of carbonyl (C=O) groups excluding carboxylic acids is 1. The van der Waals surface area contributed by atoms with Gasteiger partial charge in [-0.05, 0) is 44.0 Å². The van der Waals surface area contributed by atoms with Crippen LogP contribution in [-0.2, 0) is 14.8 Å². The number of piperidine rings is 1. The van der Waals surface area contributed by atoms with Crippen LogP contribution in [0.2, 0.25) is 0 Å². The Morgan fingerprint density at radius 2 is 1.90 bits per heavy atom. The number of benzene rings is 1. The lowest BCUT2D eigenvalue weighted by atomic mass is 9.91. The molecule has 1 aliphatic rings. The average molecular weight is 442 g/mol. The molecule has 3 heterocycles. The van der Waals surface area contributed by atoms with E-state index in [-0.39, 0.29) is 16.7 Å². The van der Waals surface area contributed by atoms with Crippen molar-refractivity contribution in [2.24, 2.45) is 0 Å². The zero-order chi connectivity index (χ0) is 22.0. The van der Waals surface area contributed by atoms with E-state index < -0.39 is 10.0 Å². The molecule has 10 heteroatoms. The van der Waals surface area contributed by atoms with Gasteiger partial charge in [0.1, 0.15) is 6.33 Å². The van der Waals surface area contributed by atoms with Crippen molar-refractivity contribution in [1.29, 1.82) is 0 Å². The van der Waals surface area contributed by atoms with Crippen LogP contribution >= 0.6 is 0 Å². The van der Waals surface area contributed by atoms with Crippen LogP contribution in [-0.4, -0.2) is 46.8 Å². The summed E-state index contributed by atoms with van der Waals surface area (Å²) in [6, 6.07) is 8.05. The van der Waals surface area contributed by atoms with Gasteiger partial charge in [0.25, 0.3) is 0 Å². The summed E-state index contributed by atoms with van der Waals surface area (Å²) in [7, 11) is -3.61.